The maximum atomic E-state index is 12.8. The van der Waals surface area contributed by atoms with Gasteiger partial charge in [-0.15, -0.1) is 0 Å². The zero-order valence-electron chi connectivity index (χ0n) is 18.6. The van der Waals surface area contributed by atoms with Crippen molar-refractivity contribution in [3.8, 4) is 0 Å². The molecule has 0 radical (unpaired) electrons. The van der Waals surface area contributed by atoms with Gasteiger partial charge in [0.1, 0.15) is 0 Å². The number of aryl methyl sites for hydroxylation is 2. The number of benzene rings is 2. The van der Waals surface area contributed by atoms with E-state index in [0.29, 0.717) is 28.8 Å². The van der Waals surface area contributed by atoms with E-state index in [4.69, 9.17) is 4.74 Å². The highest BCUT2D eigenvalue weighted by atomic mass is 16.5. The molecule has 2 aromatic carbocycles. The van der Waals surface area contributed by atoms with E-state index in [-0.39, 0.29) is 23.6 Å². The predicted molar refractivity (Wildman–Crippen MR) is 120 cm³/mol. The summed E-state index contributed by atoms with van der Waals surface area (Å²) in [5.74, 6) is -1.53. The number of ether oxygens (including phenoxy) is 1. The zero-order valence-corrected chi connectivity index (χ0v) is 18.6. The largest absolute Gasteiger partial charge is 0.456 e. The van der Waals surface area contributed by atoms with E-state index < -0.39 is 18.5 Å². The maximum Gasteiger partial charge on any atom is 0.306 e. The van der Waals surface area contributed by atoms with Crippen LogP contribution in [0.2, 0.25) is 0 Å². The summed E-state index contributed by atoms with van der Waals surface area (Å²) in [5.41, 5.74) is 4.43. The van der Waals surface area contributed by atoms with Gasteiger partial charge in [0.15, 0.2) is 18.2 Å². The van der Waals surface area contributed by atoms with Crippen LogP contribution >= 0.6 is 0 Å². The molecule has 1 N–H and O–H groups in total. The fourth-order valence-electron chi connectivity index (χ4n) is 4.00. The van der Waals surface area contributed by atoms with Gasteiger partial charge >= 0.3 is 5.97 Å². The van der Waals surface area contributed by atoms with E-state index in [1.165, 1.54) is 12.1 Å². The maximum absolute atomic E-state index is 12.8. The molecule has 1 aliphatic carbocycles. The number of nitrogens with zero attached hydrogens (tertiary/aromatic N) is 2. The van der Waals surface area contributed by atoms with Gasteiger partial charge in [-0.25, -0.2) is 0 Å². The van der Waals surface area contributed by atoms with Crippen LogP contribution in [0.5, 0.6) is 0 Å². The number of anilines is 1. The summed E-state index contributed by atoms with van der Waals surface area (Å²) in [7, 11) is 1.84. The molecule has 0 saturated heterocycles. The number of carbonyl (C=O) groups is 4. The van der Waals surface area contributed by atoms with Crippen LogP contribution in [0.3, 0.4) is 0 Å². The number of fused-ring (bicyclic) bond motifs is 2. The van der Waals surface area contributed by atoms with Crippen LogP contribution < -0.4 is 5.32 Å². The van der Waals surface area contributed by atoms with Crippen molar-refractivity contribution in [1.82, 2.24) is 9.78 Å². The number of carbonyl (C=O) groups excluding carboxylic acids is 4. The molecule has 1 aromatic heterocycles. The molecule has 0 spiro atoms. The molecule has 33 heavy (non-hydrogen) atoms. The van der Waals surface area contributed by atoms with Crippen molar-refractivity contribution >= 4 is 29.1 Å². The lowest BCUT2D eigenvalue weighted by atomic mass is 9.84. The Bertz CT molecular complexity index is 1310. The molecule has 0 fully saturated rings. The van der Waals surface area contributed by atoms with Gasteiger partial charge in [-0.3, -0.25) is 23.9 Å². The van der Waals surface area contributed by atoms with Gasteiger partial charge in [0.25, 0.3) is 5.91 Å². The standard InChI is InChI=1S/C25H23N3O5/c1-14-17(15(2)28(3)27-14)10-11-23(30)33-13-22(29)26-16-8-9-20-21(12-16)25(32)19-7-5-4-6-18(19)24(20)31/h4-9,12H,10-11,13H2,1-3H3,(H,26,29). The van der Waals surface area contributed by atoms with Crippen LogP contribution in [0, 0.1) is 13.8 Å². The third-order valence-electron chi connectivity index (χ3n) is 5.81. The Balaban J connectivity index is 1.35. The number of hydrogen-bond acceptors (Lipinski definition) is 6. The zero-order chi connectivity index (χ0) is 23.7. The molecule has 4 rings (SSSR count). The number of nitrogens with one attached hydrogen (secondary N) is 1. The van der Waals surface area contributed by atoms with E-state index in [9.17, 15) is 19.2 Å². The Morgan fingerprint density at radius 3 is 2.24 bits per heavy atom. The van der Waals surface area contributed by atoms with Crippen molar-refractivity contribution in [3.63, 3.8) is 0 Å². The summed E-state index contributed by atoms with van der Waals surface area (Å²) in [4.78, 5) is 49.8. The van der Waals surface area contributed by atoms with Gasteiger partial charge in [-0.05, 0) is 44.0 Å². The molecule has 1 amide bonds. The minimum atomic E-state index is -0.535. The first-order valence-electron chi connectivity index (χ1n) is 10.5. The van der Waals surface area contributed by atoms with Gasteiger partial charge in [0, 0.05) is 47.1 Å². The minimum absolute atomic E-state index is 0.134. The summed E-state index contributed by atoms with van der Waals surface area (Å²) in [6.45, 7) is 3.37. The smallest absolute Gasteiger partial charge is 0.306 e. The lowest BCUT2D eigenvalue weighted by Gasteiger charge is -2.18. The van der Waals surface area contributed by atoms with Gasteiger partial charge in [-0.1, -0.05) is 24.3 Å². The number of ketones is 2. The average molecular weight is 445 g/mol. The van der Waals surface area contributed by atoms with Crippen molar-refractivity contribution in [2.24, 2.45) is 7.05 Å². The molecule has 8 heteroatoms. The van der Waals surface area contributed by atoms with Crippen LogP contribution in [0.4, 0.5) is 5.69 Å². The first kappa shape index (κ1) is 22.1. The minimum Gasteiger partial charge on any atom is -0.456 e. The van der Waals surface area contributed by atoms with Gasteiger partial charge < -0.3 is 10.1 Å². The summed E-state index contributed by atoms with van der Waals surface area (Å²) < 4.78 is 6.85. The fraction of sp³-hybridized carbons (Fsp3) is 0.240. The first-order valence-corrected chi connectivity index (χ1v) is 10.5. The molecule has 168 valence electrons. The van der Waals surface area contributed by atoms with Crippen LogP contribution in [0.25, 0.3) is 0 Å². The van der Waals surface area contributed by atoms with Gasteiger partial charge in [-0.2, -0.15) is 5.10 Å². The third kappa shape index (κ3) is 4.32. The number of esters is 1. The molecule has 8 nitrogen and oxygen atoms in total. The van der Waals surface area contributed by atoms with Crippen molar-refractivity contribution in [2.75, 3.05) is 11.9 Å². The molecular weight excluding hydrogens is 422 g/mol. The molecule has 0 aliphatic heterocycles. The highest BCUT2D eigenvalue weighted by Crippen LogP contribution is 2.29. The quantitative estimate of drug-likeness (QED) is 0.457. The van der Waals surface area contributed by atoms with Crippen LogP contribution in [0.1, 0.15) is 55.2 Å². The van der Waals surface area contributed by atoms with Crippen molar-refractivity contribution in [3.05, 3.63) is 81.7 Å². The molecule has 1 heterocycles. The summed E-state index contributed by atoms with van der Waals surface area (Å²) in [5, 5.41) is 6.93. The molecule has 0 saturated carbocycles. The Morgan fingerprint density at radius 1 is 0.970 bits per heavy atom. The second-order valence-corrected chi connectivity index (χ2v) is 7.95. The number of aromatic nitrogens is 2. The van der Waals surface area contributed by atoms with E-state index >= 15 is 0 Å². The number of rotatable bonds is 6. The highest BCUT2D eigenvalue weighted by Gasteiger charge is 2.29. The fourth-order valence-corrected chi connectivity index (χ4v) is 4.00. The van der Waals surface area contributed by atoms with E-state index in [2.05, 4.69) is 10.4 Å². The highest BCUT2D eigenvalue weighted by molar-refractivity contribution is 6.28. The Morgan fingerprint density at radius 2 is 1.61 bits per heavy atom. The van der Waals surface area contributed by atoms with Crippen molar-refractivity contribution in [1.29, 1.82) is 0 Å². The van der Waals surface area contributed by atoms with Crippen LogP contribution in [0.15, 0.2) is 42.5 Å². The third-order valence-corrected chi connectivity index (χ3v) is 5.81. The van der Waals surface area contributed by atoms with E-state index in [1.807, 2.05) is 20.9 Å². The molecule has 0 atom stereocenters. The van der Waals surface area contributed by atoms with Crippen molar-refractivity contribution < 1.29 is 23.9 Å². The number of hydrogen-bond donors (Lipinski definition) is 1. The molecule has 0 unspecified atom stereocenters. The Labute approximate surface area is 190 Å². The van der Waals surface area contributed by atoms with Gasteiger partial charge in [0.2, 0.25) is 0 Å². The van der Waals surface area contributed by atoms with Crippen LogP contribution in [-0.4, -0.2) is 39.8 Å². The summed E-state index contributed by atoms with van der Waals surface area (Å²) in [6, 6.07) is 11.2. The monoisotopic (exact) mass is 445 g/mol. The average Bonchev–Trinajstić information content (AvgIpc) is 3.05. The summed E-state index contributed by atoms with van der Waals surface area (Å²) in [6.07, 6.45) is 0.615. The molecule has 0 bridgehead atoms. The normalized spacial score (nSPS) is 12.2. The second-order valence-electron chi connectivity index (χ2n) is 7.95. The lowest BCUT2D eigenvalue weighted by molar-refractivity contribution is -0.147. The number of amides is 1. The Kier molecular flexibility index (Phi) is 5.91. The molecule has 1 aliphatic rings. The summed E-state index contributed by atoms with van der Waals surface area (Å²) >= 11 is 0. The lowest BCUT2D eigenvalue weighted by Crippen LogP contribution is -2.23. The second kappa shape index (κ2) is 8.82. The van der Waals surface area contributed by atoms with Crippen LogP contribution in [-0.2, 0) is 27.8 Å². The SMILES string of the molecule is Cc1nn(C)c(C)c1CCC(=O)OCC(=O)Nc1ccc2c(c1)C(=O)c1ccccc1C2=O. The van der Waals surface area contributed by atoms with Gasteiger partial charge in [0.05, 0.1) is 5.69 Å². The topological polar surface area (TPSA) is 107 Å². The Hall–Kier alpha value is -4.07. The van der Waals surface area contributed by atoms with E-state index in [0.717, 1.165) is 17.0 Å². The van der Waals surface area contributed by atoms with Crippen molar-refractivity contribution in [2.45, 2.75) is 26.7 Å². The molecule has 3 aromatic rings. The molecular formula is C25H23N3O5. The first-order chi connectivity index (χ1) is 15.8. The predicted octanol–water partition coefficient (Wildman–Crippen LogP) is 2.93. The van der Waals surface area contributed by atoms with E-state index in [1.54, 1.807) is 35.0 Å².